The van der Waals surface area contributed by atoms with Gasteiger partial charge in [-0.15, -0.1) is 0 Å². The summed E-state index contributed by atoms with van der Waals surface area (Å²) in [5.74, 6) is 0.419. The highest BCUT2D eigenvalue weighted by atomic mass is 16.5. The van der Waals surface area contributed by atoms with Crippen molar-refractivity contribution in [3.05, 3.63) is 84.3 Å². The first-order valence-corrected chi connectivity index (χ1v) is 8.05. The number of benzene rings is 2. The van der Waals surface area contributed by atoms with E-state index < -0.39 is 0 Å². The Morgan fingerprint density at radius 2 is 1.96 bits per heavy atom. The topological polar surface area (TPSA) is 63.8 Å². The van der Waals surface area contributed by atoms with Gasteiger partial charge in [0.2, 0.25) is 0 Å². The van der Waals surface area contributed by atoms with E-state index in [1.165, 1.54) is 6.26 Å². The first-order chi connectivity index (χ1) is 12.8. The van der Waals surface area contributed by atoms with E-state index in [0.29, 0.717) is 11.4 Å². The van der Waals surface area contributed by atoms with Crippen molar-refractivity contribution >= 4 is 29.6 Å². The molecule has 3 rings (SSSR count). The molecule has 0 unspecified atom stereocenters. The minimum atomic E-state index is -0.338. The number of methoxy groups -OCH3 is 1. The number of nitrogens with one attached hydrogen (secondary N) is 1. The van der Waals surface area contributed by atoms with Crippen molar-refractivity contribution in [1.82, 2.24) is 0 Å². The summed E-state index contributed by atoms with van der Waals surface area (Å²) >= 11 is 0. The maximum Gasteiger partial charge on any atom is 0.291 e. The molecule has 0 aliphatic heterocycles. The second kappa shape index (κ2) is 8.48. The van der Waals surface area contributed by atoms with Crippen LogP contribution >= 0.6 is 0 Å². The molecule has 1 N–H and O–H groups in total. The molecule has 130 valence electrons. The summed E-state index contributed by atoms with van der Waals surface area (Å²) in [5, 5.41) is 2.76. The molecule has 1 heterocycles. The standard InChI is InChI=1S/C21H18N2O3/c1-25-20-15-17(22-13-5-9-16-7-3-2-4-8-16)11-12-18(20)23-21(24)19-10-6-14-26-19/h2-15H,1H3,(H,23,24). The molecular weight excluding hydrogens is 328 g/mol. The fourth-order valence-corrected chi connectivity index (χ4v) is 2.30. The summed E-state index contributed by atoms with van der Waals surface area (Å²) in [6, 6.07) is 18.5. The van der Waals surface area contributed by atoms with Crippen molar-refractivity contribution in [2.45, 2.75) is 0 Å². The Morgan fingerprint density at radius 3 is 2.69 bits per heavy atom. The number of carbonyl (C=O) groups is 1. The van der Waals surface area contributed by atoms with Gasteiger partial charge in [-0.2, -0.15) is 0 Å². The molecule has 26 heavy (non-hydrogen) atoms. The molecule has 0 fully saturated rings. The van der Waals surface area contributed by atoms with Crippen LogP contribution in [0.15, 0.2) is 82.4 Å². The normalized spacial score (nSPS) is 11.1. The summed E-state index contributed by atoms with van der Waals surface area (Å²) in [6.07, 6.45) is 7.00. The Kier molecular flexibility index (Phi) is 5.62. The summed E-state index contributed by atoms with van der Waals surface area (Å²) in [7, 11) is 1.54. The fraction of sp³-hybridized carbons (Fsp3) is 0.0476. The van der Waals surface area contributed by atoms with Gasteiger partial charge in [0.15, 0.2) is 5.76 Å². The molecule has 0 atom stereocenters. The number of aliphatic imine (C=N–C) groups is 1. The predicted molar refractivity (Wildman–Crippen MR) is 103 cm³/mol. The lowest BCUT2D eigenvalue weighted by atomic mass is 10.2. The molecule has 1 aromatic heterocycles. The minimum absolute atomic E-state index is 0.236. The Morgan fingerprint density at radius 1 is 1.12 bits per heavy atom. The highest BCUT2D eigenvalue weighted by molar-refractivity contribution is 6.03. The maximum absolute atomic E-state index is 12.1. The average molecular weight is 346 g/mol. The molecule has 5 heteroatoms. The Hall–Kier alpha value is -3.60. The number of allylic oxidation sites excluding steroid dienone is 1. The van der Waals surface area contributed by atoms with Crippen LogP contribution in [0.2, 0.25) is 0 Å². The van der Waals surface area contributed by atoms with Gasteiger partial charge in [-0.25, -0.2) is 0 Å². The van der Waals surface area contributed by atoms with Crippen molar-refractivity contribution in [3.8, 4) is 5.75 Å². The molecule has 3 aromatic rings. The van der Waals surface area contributed by atoms with Gasteiger partial charge in [0.1, 0.15) is 5.75 Å². The molecule has 1 amide bonds. The third kappa shape index (κ3) is 4.48. The third-order valence-corrected chi connectivity index (χ3v) is 3.58. The number of nitrogens with zero attached hydrogens (tertiary/aromatic N) is 1. The first-order valence-electron chi connectivity index (χ1n) is 8.05. The van der Waals surface area contributed by atoms with Gasteiger partial charge < -0.3 is 14.5 Å². The van der Waals surface area contributed by atoms with Crippen molar-refractivity contribution in [1.29, 1.82) is 0 Å². The van der Waals surface area contributed by atoms with Crippen LogP contribution in [-0.4, -0.2) is 19.2 Å². The third-order valence-electron chi connectivity index (χ3n) is 3.58. The van der Waals surface area contributed by atoms with Crippen molar-refractivity contribution in [3.63, 3.8) is 0 Å². The average Bonchev–Trinajstić information content (AvgIpc) is 3.22. The largest absolute Gasteiger partial charge is 0.494 e. The van der Waals surface area contributed by atoms with Crippen LogP contribution in [0, 0.1) is 0 Å². The number of rotatable bonds is 6. The number of carbonyl (C=O) groups excluding carboxylic acids is 1. The molecular formula is C21H18N2O3. The summed E-state index contributed by atoms with van der Waals surface area (Å²) < 4.78 is 10.4. The molecule has 0 aliphatic rings. The number of furan rings is 1. The summed E-state index contributed by atoms with van der Waals surface area (Å²) in [5.41, 5.74) is 2.37. The van der Waals surface area contributed by atoms with Crippen molar-refractivity contribution in [2.75, 3.05) is 12.4 Å². The van der Waals surface area contributed by atoms with Crippen LogP contribution in [0.3, 0.4) is 0 Å². The molecule has 0 aliphatic carbocycles. The maximum atomic E-state index is 12.1. The Labute approximate surface area is 151 Å². The van der Waals surface area contributed by atoms with E-state index in [2.05, 4.69) is 10.3 Å². The van der Waals surface area contributed by atoms with Gasteiger partial charge in [-0.3, -0.25) is 9.79 Å². The Bertz CT molecular complexity index is 914. The lowest BCUT2D eigenvalue weighted by molar-refractivity contribution is 0.0996. The van der Waals surface area contributed by atoms with E-state index in [9.17, 15) is 4.79 Å². The van der Waals surface area contributed by atoms with Crippen LogP contribution in [0.1, 0.15) is 16.1 Å². The lowest BCUT2D eigenvalue weighted by Crippen LogP contribution is -2.11. The highest BCUT2D eigenvalue weighted by Gasteiger charge is 2.12. The number of hydrogen-bond acceptors (Lipinski definition) is 4. The molecule has 0 radical (unpaired) electrons. The van der Waals surface area contributed by atoms with Crippen LogP contribution < -0.4 is 10.1 Å². The fourth-order valence-electron chi connectivity index (χ4n) is 2.30. The molecule has 5 nitrogen and oxygen atoms in total. The summed E-state index contributed by atoms with van der Waals surface area (Å²) in [6.45, 7) is 0. The molecule has 0 bridgehead atoms. The van der Waals surface area contributed by atoms with E-state index in [-0.39, 0.29) is 11.7 Å². The van der Waals surface area contributed by atoms with Crippen LogP contribution in [-0.2, 0) is 0 Å². The number of anilines is 1. The molecule has 0 saturated heterocycles. The second-order valence-electron chi connectivity index (χ2n) is 5.36. The van der Waals surface area contributed by atoms with Gasteiger partial charge in [0, 0.05) is 12.3 Å². The van der Waals surface area contributed by atoms with Crippen LogP contribution in [0.4, 0.5) is 11.4 Å². The zero-order valence-corrected chi connectivity index (χ0v) is 14.3. The monoisotopic (exact) mass is 346 g/mol. The second-order valence-corrected chi connectivity index (χ2v) is 5.36. The van der Waals surface area contributed by atoms with Gasteiger partial charge in [-0.1, -0.05) is 36.4 Å². The smallest absolute Gasteiger partial charge is 0.291 e. The molecule has 2 aromatic carbocycles. The number of hydrogen-bond donors (Lipinski definition) is 1. The Balaban J connectivity index is 1.69. The van der Waals surface area contributed by atoms with E-state index in [1.54, 1.807) is 43.7 Å². The molecule has 0 saturated carbocycles. The highest BCUT2D eigenvalue weighted by Crippen LogP contribution is 2.29. The van der Waals surface area contributed by atoms with Crippen LogP contribution in [0.5, 0.6) is 5.75 Å². The minimum Gasteiger partial charge on any atom is -0.494 e. The van der Waals surface area contributed by atoms with Gasteiger partial charge in [0.05, 0.1) is 24.7 Å². The lowest BCUT2D eigenvalue weighted by Gasteiger charge is -2.09. The SMILES string of the molecule is COc1cc(N=CC=Cc2ccccc2)ccc1NC(=O)c1ccco1. The van der Waals surface area contributed by atoms with Gasteiger partial charge in [0.25, 0.3) is 5.91 Å². The van der Waals surface area contributed by atoms with E-state index in [0.717, 1.165) is 11.3 Å². The van der Waals surface area contributed by atoms with Gasteiger partial charge >= 0.3 is 0 Å². The first kappa shape index (κ1) is 17.2. The van der Waals surface area contributed by atoms with Crippen LogP contribution in [0.25, 0.3) is 6.08 Å². The van der Waals surface area contributed by atoms with E-state index >= 15 is 0 Å². The summed E-state index contributed by atoms with van der Waals surface area (Å²) in [4.78, 5) is 16.5. The quantitative estimate of drug-likeness (QED) is 0.642. The van der Waals surface area contributed by atoms with E-state index in [1.807, 2.05) is 42.5 Å². The predicted octanol–water partition coefficient (Wildman–Crippen LogP) is 4.96. The van der Waals surface area contributed by atoms with Gasteiger partial charge in [-0.05, 0) is 35.9 Å². The van der Waals surface area contributed by atoms with Crippen molar-refractivity contribution < 1.29 is 13.9 Å². The zero-order chi connectivity index (χ0) is 18.2. The number of ether oxygens (including phenoxy) is 1. The zero-order valence-electron chi connectivity index (χ0n) is 14.3. The van der Waals surface area contributed by atoms with Crippen molar-refractivity contribution in [2.24, 2.45) is 4.99 Å². The van der Waals surface area contributed by atoms with E-state index in [4.69, 9.17) is 9.15 Å². The molecule has 0 spiro atoms. The number of amides is 1.